The minimum atomic E-state index is -0.309. The molecule has 0 aliphatic heterocycles. The van der Waals surface area contributed by atoms with Gasteiger partial charge in [-0.15, -0.1) is 0 Å². The second kappa shape index (κ2) is 5.23. The van der Waals surface area contributed by atoms with E-state index in [1.807, 2.05) is 0 Å². The van der Waals surface area contributed by atoms with Gasteiger partial charge < -0.3 is 10.6 Å². The van der Waals surface area contributed by atoms with E-state index < -0.39 is 0 Å². The zero-order valence-electron chi connectivity index (χ0n) is 9.70. The van der Waals surface area contributed by atoms with Crippen LogP contribution in [0.25, 0.3) is 0 Å². The van der Waals surface area contributed by atoms with Crippen molar-refractivity contribution in [1.82, 2.24) is 0 Å². The zero-order chi connectivity index (χ0) is 13.1. The monoisotopic (exact) mass is 264 g/mol. The highest BCUT2D eigenvalue weighted by molar-refractivity contribution is 6.34. The lowest BCUT2D eigenvalue weighted by molar-refractivity contribution is -0.117. The number of anilines is 2. The smallest absolute Gasteiger partial charge is 0.247 e. The van der Waals surface area contributed by atoms with Crippen LogP contribution >= 0.6 is 11.6 Å². The summed E-state index contributed by atoms with van der Waals surface area (Å²) in [7, 11) is 0. The highest BCUT2D eigenvalue weighted by atomic mass is 35.5. The Hall–Kier alpha value is -1.81. The molecule has 2 rings (SSSR count). The van der Waals surface area contributed by atoms with E-state index in [-0.39, 0.29) is 17.7 Å². The van der Waals surface area contributed by atoms with Gasteiger partial charge in [0.05, 0.1) is 10.7 Å². The molecule has 5 heteroatoms. The molecule has 94 valence electrons. The number of halogens is 1. The van der Waals surface area contributed by atoms with Gasteiger partial charge in [-0.1, -0.05) is 18.2 Å². The molecule has 0 unspecified atom stereocenters. The summed E-state index contributed by atoms with van der Waals surface area (Å²) in [5.74, 6) is -0.228. The standard InChI is InChI=1S/C13H13ClN2O2/c1-2-12(17)15-9-5-6-10(14)11(7-9)16-13(18)8-3-4-8/h2,5-8H,1,3-4H2,(H,15,17)(H,16,18). The molecule has 0 saturated heterocycles. The molecule has 2 amide bonds. The third kappa shape index (κ3) is 3.11. The third-order valence-corrected chi connectivity index (χ3v) is 2.95. The SMILES string of the molecule is C=CC(=O)Nc1ccc(Cl)c(NC(=O)C2CC2)c1. The van der Waals surface area contributed by atoms with E-state index in [1.165, 1.54) is 6.08 Å². The predicted octanol–water partition coefficient (Wildman–Crippen LogP) is 2.81. The Balaban J connectivity index is 2.12. The van der Waals surface area contributed by atoms with Gasteiger partial charge in [0.25, 0.3) is 0 Å². The maximum absolute atomic E-state index is 11.6. The lowest BCUT2D eigenvalue weighted by atomic mass is 10.2. The average Bonchev–Trinajstić information content (AvgIpc) is 3.17. The van der Waals surface area contributed by atoms with Gasteiger partial charge in [-0.25, -0.2) is 0 Å². The number of nitrogens with one attached hydrogen (secondary N) is 2. The molecule has 18 heavy (non-hydrogen) atoms. The predicted molar refractivity (Wildman–Crippen MR) is 71.6 cm³/mol. The third-order valence-electron chi connectivity index (χ3n) is 2.63. The summed E-state index contributed by atoms with van der Waals surface area (Å²) in [5, 5.41) is 5.81. The van der Waals surface area contributed by atoms with Gasteiger partial charge >= 0.3 is 0 Å². The normalized spacial score (nSPS) is 13.8. The maximum atomic E-state index is 11.6. The van der Waals surface area contributed by atoms with Crippen molar-refractivity contribution >= 4 is 34.8 Å². The van der Waals surface area contributed by atoms with Crippen molar-refractivity contribution in [3.8, 4) is 0 Å². The first kappa shape index (κ1) is 12.6. The molecular weight excluding hydrogens is 252 g/mol. The van der Waals surface area contributed by atoms with Crippen LogP contribution in [0.4, 0.5) is 11.4 Å². The molecular formula is C13H13ClN2O2. The second-order valence-corrected chi connectivity index (χ2v) is 4.56. The molecule has 0 radical (unpaired) electrons. The Morgan fingerprint density at radius 1 is 1.33 bits per heavy atom. The van der Waals surface area contributed by atoms with Crippen LogP contribution in [0.5, 0.6) is 0 Å². The van der Waals surface area contributed by atoms with Gasteiger partial charge in [-0.3, -0.25) is 9.59 Å². The van der Waals surface area contributed by atoms with E-state index in [0.717, 1.165) is 12.8 Å². The molecule has 0 spiro atoms. The summed E-state index contributed by atoms with van der Waals surface area (Å²) in [6.07, 6.45) is 3.03. The summed E-state index contributed by atoms with van der Waals surface area (Å²) >= 11 is 5.99. The van der Waals surface area contributed by atoms with E-state index in [4.69, 9.17) is 11.6 Å². The van der Waals surface area contributed by atoms with Gasteiger partial charge in [0, 0.05) is 11.6 Å². The molecule has 1 saturated carbocycles. The van der Waals surface area contributed by atoms with Gasteiger partial charge in [0.2, 0.25) is 11.8 Å². The zero-order valence-corrected chi connectivity index (χ0v) is 10.5. The summed E-state index contributed by atoms with van der Waals surface area (Å²) < 4.78 is 0. The molecule has 1 aliphatic rings. The number of hydrogen-bond acceptors (Lipinski definition) is 2. The molecule has 1 aromatic carbocycles. The van der Waals surface area contributed by atoms with Crippen LogP contribution in [0.3, 0.4) is 0 Å². The maximum Gasteiger partial charge on any atom is 0.247 e. The minimum Gasteiger partial charge on any atom is -0.324 e. The average molecular weight is 265 g/mol. The largest absolute Gasteiger partial charge is 0.324 e. The van der Waals surface area contributed by atoms with E-state index in [0.29, 0.717) is 16.4 Å². The van der Waals surface area contributed by atoms with E-state index in [1.54, 1.807) is 18.2 Å². The van der Waals surface area contributed by atoms with Gasteiger partial charge in [0.15, 0.2) is 0 Å². The molecule has 1 aliphatic carbocycles. The molecule has 0 atom stereocenters. The summed E-state index contributed by atoms with van der Waals surface area (Å²) in [5.41, 5.74) is 1.07. The first-order chi connectivity index (χ1) is 8.60. The van der Waals surface area contributed by atoms with Crippen LogP contribution in [0.1, 0.15) is 12.8 Å². The fraction of sp³-hybridized carbons (Fsp3) is 0.231. The Labute approximate surface area is 110 Å². The molecule has 2 N–H and O–H groups in total. The Morgan fingerprint density at radius 3 is 2.67 bits per heavy atom. The quantitative estimate of drug-likeness (QED) is 0.822. The first-order valence-corrected chi connectivity index (χ1v) is 6.02. The van der Waals surface area contributed by atoms with Crippen LogP contribution < -0.4 is 10.6 Å². The molecule has 4 nitrogen and oxygen atoms in total. The Bertz CT molecular complexity index is 510. The Morgan fingerprint density at radius 2 is 2.06 bits per heavy atom. The van der Waals surface area contributed by atoms with Crippen molar-refractivity contribution in [3.05, 3.63) is 35.9 Å². The number of carbonyl (C=O) groups is 2. The molecule has 1 fully saturated rings. The number of benzene rings is 1. The van der Waals surface area contributed by atoms with Gasteiger partial charge in [0.1, 0.15) is 0 Å². The van der Waals surface area contributed by atoms with Crippen molar-refractivity contribution in [1.29, 1.82) is 0 Å². The van der Waals surface area contributed by atoms with Crippen molar-refractivity contribution < 1.29 is 9.59 Å². The molecule has 0 aromatic heterocycles. The summed E-state index contributed by atoms with van der Waals surface area (Å²) in [4.78, 5) is 22.8. The van der Waals surface area contributed by atoms with E-state index in [9.17, 15) is 9.59 Å². The van der Waals surface area contributed by atoms with Crippen LogP contribution in [0.15, 0.2) is 30.9 Å². The topological polar surface area (TPSA) is 58.2 Å². The Kier molecular flexibility index (Phi) is 3.67. The highest BCUT2D eigenvalue weighted by Crippen LogP contribution is 2.32. The number of hydrogen-bond donors (Lipinski definition) is 2. The summed E-state index contributed by atoms with van der Waals surface area (Å²) in [6, 6.07) is 4.92. The van der Waals surface area contributed by atoms with Crippen molar-refractivity contribution in [2.24, 2.45) is 5.92 Å². The summed E-state index contributed by atoms with van der Waals surface area (Å²) in [6.45, 7) is 3.37. The number of rotatable bonds is 4. The van der Waals surface area contributed by atoms with E-state index in [2.05, 4.69) is 17.2 Å². The van der Waals surface area contributed by atoms with Crippen molar-refractivity contribution in [2.45, 2.75) is 12.8 Å². The lowest BCUT2D eigenvalue weighted by Gasteiger charge is -2.09. The van der Waals surface area contributed by atoms with Crippen LogP contribution in [-0.2, 0) is 9.59 Å². The van der Waals surface area contributed by atoms with Crippen molar-refractivity contribution in [2.75, 3.05) is 10.6 Å². The molecule has 1 aromatic rings. The van der Waals surface area contributed by atoms with E-state index >= 15 is 0 Å². The van der Waals surface area contributed by atoms with Crippen LogP contribution in [0, 0.1) is 5.92 Å². The molecule has 0 bridgehead atoms. The fourth-order valence-electron chi connectivity index (χ4n) is 1.47. The highest BCUT2D eigenvalue weighted by Gasteiger charge is 2.29. The van der Waals surface area contributed by atoms with Crippen LogP contribution in [-0.4, -0.2) is 11.8 Å². The number of carbonyl (C=O) groups excluding carboxylic acids is 2. The van der Waals surface area contributed by atoms with Gasteiger partial charge in [-0.05, 0) is 37.1 Å². The number of amides is 2. The minimum absolute atomic E-state index is 0.0240. The first-order valence-electron chi connectivity index (χ1n) is 5.64. The fourth-order valence-corrected chi connectivity index (χ4v) is 1.64. The van der Waals surface area contributed by atoms with Gasteiger partial charge in [-0.2, -0.15) is 0 Å². The second-order valence-electron chi connectivity index (χ2n) is 4.15. The van der Waals surface area contributed by atoms with Crippen molar-refractivity contribution in [3.63, 3.8) is 0 Å². The molecule has 0 heterocycles. The lowest BCUT2D eigenvalue weighted by Crippen LogP contribution is -2.14. The van der Waals surface area contributed by atoms with Crippen LogP contribution in [0.2, 0.25) is 5.02 Å².